The third-order valence-electron chi connectivity index (χ3n) is 2.53. The molecule has 0 fully saturated rings. The molecule has 0 unspecified atom stereocenters. The molecule has 6 heteroatoms. The fraction of sp³-hybridized carbons (Fsp3) is 0.200. The van der Waals surface area contributed by atoms with Crippen LogP contribution in [0.3, 0.4) is 0 Å². The SMILES string of the molecule is Cn1c(=O)c(=O)n(C)c2cc(Cl)c(F)cc21. The number of nitrogens with zero attached hydrogens (tertiary/aromatic N) is 2. The summed E-state index contributed by atoms with van der Waals surface area (Å²) in [6.45, 7) is 0. The van der Waals surface area contributed by atoms with Crippen LogP contribution in [0.5, 0.6) is 0 Å². The lowest BCUT2D eigenvalue weighted by atomic mass is 10.2. The summed E-state index contributed by atoms with van der Waals surface area (Å²) in [5.74, 6) is -0.622. The smallest absolute Gasteiger partial charge is 0.305 e. The maximum absolute atomic E-state index is 13.3. The average Bonchev–Trinajstić information content (AvgIpc) is 2.26. The van der Waals surface area contributed by atoms with E-state index in [1.807, 2.05) is 0 Å². The van der Waals surface area contributed by atoms with Gasteiger partial charge in [-0.2, -0.15) is 0 Å². The molecule has 0 amide bonds. The average molecular weight is 243 g/mol. The molecule has 1 heterocycles. The van der Waals surface area contributed by atoms with E-state index in [9.17, 15) is 14.0 Å². The number of aromatic nitrogens is 2. The second-order valence-corrected chi connectivity index (χ2v) is 3.89. The molecule has 16 heavy (non-hydrogen) atoms. The third kappa shape index (κ3) is 1.36. The molecule has 0 atom stereocenters. The predicted octanol–water partition coefficient (Wildman–Crippen LogP) is 1.03. The standard InChI is InChI=1S/C10H8ClFN2O2/c1-13-7-3-5(11)6(12)4-8(7)14(2)10(16)9(13)15/h3-4H,1-2H3. The van der Waals surface area contributed by atoms with Gasteiger partial charge in [0.15, 0.2) is 0 Å². The molecule has 0 bridgehead atoms. The Morgan fingerprint density at radius 3 is 2.00 bits per heavy atom. The van der Waals surface area contributed by atoms with E-state index < -0.39 is 16.9 Å². The lowest BCUT2D eigenvalue weighted by Gasteiger charge is -2.09. The summed E-state index contributed by atoms with van der Waals surface area (Å²) < 4.78 is 15.5. The van der Waals surface area contributed by atoms with Crippen LogP contribution in [0.4, 0.5) is 4.39 Å². The van der Waals surface area contributed by atoms with Gasteiger partial charge in [0.1, 0.15) is 5.82 Å². The van der Waals surface area contributed by atoms with Gasteiger partial charge in [-0.25, -0.2) is 4.39 Å². The second kappa shape index (κ2) is 3.45. The molecule has 1 aromatic heterocycles. The number of aryl methyl sites for hydroxylation is 2. The molecule has 0 saturated carbocycles. The lowest BCUT2D eigenvalue weighted by Crippen LogP contribution is -2.39. The Labute approximate surface area is 94.5 Å². The van der Waals surface area contributed by atoms with Gasteiger partial charge in [0.05, 0.1) is 16.1 Å². The highest BCUT2D eigenvalue weighted by atomic mass is 35.5. The molecule has 2 rings (SSSR count). The fourth-order valence-electron chi connectivity index (χ4n) is 1.57. The highest BCUT2D eigenvalue weighted by molar-refractivity contribution is 6.31. The van der Waals surface area contributed by atoms with Crippen molar-refractivity contribution in [2.75, 3.05) is 0 Å². The van der Waals surface area contributed by atoms with Gasteiger partial charge in [-0.3, -0.25) is 9.59 Å². The minimum atomic E-state index is -0.697. The summed E-state index contributed by atoms with van der Waals surface area (Å²) in [6, 6.07) is 2.46. The van der Waals surface area contributed by atoms with Crippen LogP contribution < -0.4 is 11.1 Å². The Morgan fingerprint density at radius 2 is 1.50 bits per heavy atom. The van der Waals surface area contributed by atoms with E-state index in [1.165, 1.54) is 20.2 Å². The lowest BCUT2D eigenvalue weighted by molar-refractivity contribution is 0.627. The number of fused-ring (bicyclic) bond motifs is 1. The number of hydrogen-bond donors (Lipinski definition) is 0. The van der Waals surface area contributed by atoms with Crippen LogP contribution in [-0.2, 0) is 14.1 Å². The van der Waals surface area contributed by atoms with E-state index in [1.54, 1.807) is 0 Å². The zero-order valence-corrected chi connectivity index (χ0v) is 9.38. The van der Waals surface area contributed by atoms with Crippen LogP contribution in [0.2, 0.25) is 5.02 Å². The van der Waals surface area contributed by atoms with E-state index >= 15 is 0 Å². The van der Waals surface area contributed by atoms with Crippen LogP contribution in [0, 0.1) is 5.82 Å². The van der Waals surface area contributed by atoms with Gasteiger partial charge in [0.25, 0.3) is 0 Å². The summed E-state index contributed by atoms with van der Waals surface area (Å²) >= 11 is 5.63. The molecule has 0 spiro atoms. The monoisotopic (exact) mass is 242 g/mol. The molecule has 4 nitrogen and oxygen atoms in total. The van der Waals surface area contributed by atoms with Gasteiger partial charge in [0.2, 0.25) is 0 Å². The van der Waals surface area contributed by atoms with Crippen molar-refractivity contribution < 1.29 is 4.39 Å². The topological polar surface area (TPSA) is 44.0 Å². The van der Waals surface area contributed by atoms with Crippen molar-refractivity contribution >= 4 is 22.6 Å². The maximum Gasteiger partial charge on any atom is 0.316 e. The molecule has 0 aliphatic carbocycles. The van der Waals surface area contributed by atoms with E-state index in [-0.39, 0.29) is 5.02 Å². The van der Waals surface area contributed by atoms with Crippen molar-refractivity contribution in [2.24, 2.45) is 14.1 Å². The Kier molecular flexibility index (Phi) is 2.35. The highest BCUT2D eigenvalue weighted by Gasteiger charge is 2.11. The Balaban J connectivity index is 3.15. The van der Waals surface area contributed by atoms with Crippen molar-refractivity contribution in [1.82, 2.24) is 9.13 Å². The molecule has 1 aromatic carbocycles. The van der Waals surface area contributed by atoms with Gasteiger partial charge in [-0.1, -0.05) is 11.6 Å². The van der Waals surface area contributed by atoms with Gasteiger partial charge < -0.3 is 9.13 Å². The summed E-state index contributed by atoms with van der Waals surface area (Å²) in [4.78, 5) is 23.0. The van der Waals surface area contributed by atoms with Crippen LogP contribution >= 0.6 is 11.6 Å². The highest BCUT2D eigenvalue weighted by Crippen LogP contribution is 2.20. The molecular weight excluding hydrogens is 235 g/mol. The molecule has 0 radical (unpaired) electrons. The first-order valence-electron chi connectivity index (χ1n) is 4.48. The minimum absolute atomic E-state index is 0.0823. The number of halogens is 2. The fourth-order valence-corrected chi connectivity index (χ4v) is 1.73. The first kappa shape index (κ1) is 10.9. The first-order chi connectivity index (χ1) is 7.43. The predicted molar refractivity (Wildman–Crippen MR) is 59.4 cm³/mol. The van der Waals surface area contributed by atoms with Gasteiger partial charge in [-0.15, -0.1) is 0 Å². The molecule has 84 valence electrons. The van der Waals surface area contributed by atoms with Crippen LogP contribution in [0.15, 0.2) is 21.7 Å². The summed E-state index contributed by atoms with van der Waals surface area (Å²) in [6.07, 6.45) is 0. The normalized spacial score (nSPS) is 11.0. The maximum atomic E-state index is 13.3. The summed E-state index contributed by atoms with van der Waals surface area (Å²) in [5, 5.41) is -0.0823. The Morgan fingerprint density at radius 1 is 1.06 bits per heavy atom. The summed E-state index contributed by atoms with van der Waals surface area (Å²) in [5.41, 5.74) is -0.623. The molecule has 0 N–H and O–H groups in total. The van der Waals surface area contributed by atoms with Crippen molar-refractivity contribution in [1.29, 1.82) is 0 Å². The van der Waals surface area contributed by atoms with Gasteiger partial charge in [0, 0.05) is 20.2 Å². The van der Waals surface area contributed by atoms with Gasteiger partial charge in [-0.05, 0) is 6.07 Å². The van der Waals surface area contributed by atoms with E-state index in [2.05, 4.69) is 0 Å². The first-order valence-corrected chi connectivity index (χ1v) is 4.86. The van der Waals surface area contributed by atoms with Crippen molar-refractivity contribution in [3.63, 3.8) is 0 Å². The molecule has 0 aliphatic heterocycles. The quantitative estimate of drug-likeness (QED) is 0.648. The zero-order valence-electron chi connectivity index (χ0n) is 8.62. The van der Waals surface area contributed by atoms with E-state index in [4.69, 9.17) is 11.6 Å². The van der Waals surface area contributed by atoms with Crippen LogP contribution in [0.25, 0.3) is 11.0 Å². The minimum Gasteiger partial charge on any atom is -0.305 e. The number of rotatable bonds is 0. The van der Waals surface area contributed by atoms with Crippen molar-refractivity contribution in [3.8, 4) is 0 Å². The van der Waals surface area contributed by atoms with E-state index in [0.29, 0.717) is 11.0 Å². The zero-order chi connectivity index (χ0) is 12.0. The third-order valence-corrected chi connectivity index (χ3v) is 2.82. The number of benzene rings is 1. The molecule has 2 aromatic rings. The van der Waals surface area contributed by atoms with Crippen molar-refractivity contribution in [3.05, 3.63) is 43.7 Å². The largest absolute Gasteiger partial charge is 0.316 e. The van der Waals surface area contributed by atoms with Crippen molar-refractivity contribution in [2.45, 2.75) is 0 Å². The number of hydrogen-bond acceptors (Lipinski definition) is 2. The molecule has 0 aliphatic rings. The van der Waals surface area contributed by atoms with Gasteiger partial charge >= 0.3 is 11.1 Å². The summed E-state index contributed by atoms with van der Waals surface area (Å²) in [7, 11) is 2.86. The molecule has 0 saturated heterocycles. The van der Waals surface area contributed by atoms with E-state index in [0.717, 1.165) is 15.2 Å². The molecular formula is C10H8ClFN2O2. The van der Waals surface area contributed by atoms with Crippen LogP contribution in [0.1, 0.15) is 0 Å². The Hall–Kier alpha value is -1.62. The Bertz CT molecular complexity index is 642. The van der Waals surface area contributed by atoms with Crippen LogP contribution in [-0.4, -0.2) is 9.13 Å². The second-order valence-electron chi connectivity index (χ2n) is 3.48.